The molecule has 1 heterocycles. The molecule has 0 saturated heterocycles. The zero-order valence-electron chi connectivity index (χ0n) is 5.38. The Morgan fingerprint density at radius 1 is 1.56 bits per heavy atom. The minimum absolute atomic E-state index is 0.309. The molecule has 0 bridgehead atoms. The summed E-state index contributed by atoms with van der Waals surface area (Å²) in [6.45, 7) is 5.99. The van der Waals surface area contributed by atoms with Crippen molar-refractivity contribution in [2.45, 2.75) is 6.04 Å². The van der Waals surface area contributed by atoms with E-state index in [2.05, 4.69) is 36.8 Å². The average molecular weight is 132 g/mol. The summed E-state index contributed by atoms with van der Waals surface area (Å²) in [5.41, 5.74) is 2.28. The van der Waals surface area contributed by atoms with Crippen LogP contribution in [0.4, 0.5) is 0 Å². The van der Waals surface area contributed by atoms with E-state index >= 15 is 0 Å². The predicted molar refractivity (Wildman–Crippen MR) is 43.9 cm³/mol. The molecule has 0 atom stereocenters. The second kappa shape index (κ2) is 3.51. The quantitative estimate of drug-likeness (QED) is 0.419. The fraction of sp³-hybridized carbons (Fsp3) is 0.143. The monoisotopic (exact) mass is 132 g/mol. The number of rotatable bonds is 2. The average Bonchev–Trinajstić information content (AvgIpc) is 1.91. The normalized spacial score (nSPS) is 8.44. The Balaban J connectivity index is 2.72. The van der Waals surface area contributed by atoms with E-state index in [4.69, 9.17) is 0 Å². The molecule has 0 radical (unpaired) electrons. The van der Waals surface area contributed by atoms with Crippen LogP contribution in [0.3, 0.4) is 0 Å². The second-order valence-corrected chi connectivity index (χ2v) is 4.20. The Morgan fingerprint density at radius 3 is 3.00 bits per heavy atom. The molecule has 0 fully saturated rings. The maximum absolute atomic E-state index is 3.70. The zero-order chi connectivity index (χ0) is 6.53. The van der Waals surface area contributed by atoms with Crippen LogP contribution in [0.15, 0.2) is 36.4 Å². The fourth-order valence-corrected chi connectivity index (χ4v) is 2.21. The van der Waals surface area contributed by atoms with Crippen LogP contribution in [0, 0.1) is 0 Å². The van der Waals surface area contributed by atoms with E-state index in [-0.39, 0.29) is 8.26 Å². The van der Waals surface area contributed by atoms with E-state index in [1.807, 2.05) is 6.08 Å². The molecule has 0 aliphatic rings. The summed E-state index contributed by atoms with van der Waals surface area (Å²) < 4.78 is 0. The molecule has 0 aliphatic carbocycles. The van der Waals surface area contributed by atoms with Gasteiger partial charge in [0.05, 0.1) is 0 Å². The Kier molecular flexibility index (Phi) is 2.58. The first-order valence-electron chi connectivity index (χ1n) is 3.08. The molecular formula is C7H9BSi. The van der Waals surface area contributed by atoms with E-state index in [1.165, 1.54) is 0 Å². The van der Waals surface area contributed by atoms with Gasteiger partial charge in [-0.1, -0.05) is 0 Å². The Labute approximate surface area is 57.9 Å². The molecule has 0 N–H and O–H groups in total. The van der Waals surface area contributed by atoms with Crippen molar-refractivity contribution in [2.75, 3.05) is 0 Å². The third-order valence-corrected chi connectivity index (χ3v) is 3.22. The van der Waals surface area contributed by atoms with Crippen LogP contribution in [0.5, 0.6) is 0 Å². The van der Waals surface area contributed by atoms with E-state index < -0.39 is 0 Å². The summed E-state index contributed by atoms with van der Waals surface area (Å²) in [6.07, 6.45) is 1.99. The Hall–Kier alpha value is -0.498. The molecule has 1 rings (SSSR count). The SMILES string of the molecule is C=CC[si]1bcccc1. The molecule has 1 aromatic heterocycles. The summed E-state index contributed by atoms with van der Waals surface area (Å²) in [5, 5.41) is 0. The van der Waals surface area contributed by atoms with Crippen molar-refractivity contribution in [1.29, 1.82) is 0 Å². The van der Waals surface area contributed by atoms with Crippen molar-refractivity contribution in [3.63, 3.8) is 0 Å². The standard InChI is InChI=1S/C7H9BSi/c1-2-6-9-7-4-3-5-8-9/h2-5,7H,1,6H2. The van der Waals surface area contributed by atoms with Gasteiger partial charge in [-0.3, -0.25) is 0 Å². The first kappa shape index (κ1) is 6.62. The van der Waals surface area contributed by atoms with Gasteiger partial charge >= 0.3 is 57.2 Å². The number of allylic oxidation sites excluding steroid dienone is 1. The van der Waals surface area contributed by atoms with Crippen molar-refractivity contribution in [2.24, 2.45) is 0 Å². The number of hydrogen-bond donors (Lipinski definition) is 0. The molecule has 0 unspecified atom stereocenters. The zero-order valence-corrected chi connectivity index (χ0v) is 6.38. The predicted octanol–water partition coefficient (Wildman–Crippen LogP) is 1.24. The third-order valence-electron chi connectivity index (χ3n) is 1.22. The fourth-order valence-electron chi connectivity index (χ4n) is 0.781. The van der Waals surface area contributed by atoms with E-state index in [0.29, 0.717) is 0 Å². The van der Waals surface area contributed by atoms with Crippen molar-refractivity contribution in [3.05, 3.63) is 36.4 Å². The van der Waals surface area contributed by atoms with Gasteiger partial charge in [-0.25, -0.2) is 0 Å². The summed E-state index contributed by atoms with van der Waals surface area (Å²) >= 11 is 0. The second-order valence-electron chi connectivity index (χ2n) is 1.98. The first-order chi connectivity index (χ1) is 4.43. The van der Waals surface area contributed by atoms with Gasteiger partial charge in [0.1, 0.15) is 0 Å². The van der Waals surface area contributed by atoms with E-state index in [9.17, 15) is 0 Å². The Bertz CT molecular complexity index is 183. The van der Waals surface area contributed by atoms with Gasteiger partial charge in [0.2, 0.25) is 0 Å². The van der Waals surface area contributed by atoms with Crippen molar-refractivity contribution in [3.8, 4) is 0 Å². The van der Waals surface area contributed by atoms with Crippen LogP contribution < -0.4 is 0 Å². The summed E-state index contributed by atoms with van der Waals surface area (Å²) in [4.78, 5) is 0. The van der Waals surface area contributed by atoms with Crippen molar-refractivity contribution in [1.82, 2.24) is 0 Å². The minimum atomic E-state index is -0.309. The van der Waals surface area contributed by atoms with Gasteiger partial charge in [0.15, 0.2) is 0 Å². The molecule has 1 aromatic rings. The molecule has 0 aromatic carbocycles. The maximum atomic E-state index is 3.70. The van der Waals surface area contributed by atoms with Gasteiger partial charge in [0.25, 0.3) is 0 Å². The van der Waals surface area contributed by atoms with Gasteiger partial charge in [-0.05, 0) is 0 Å². The molecular weight excluding hydrogens is 123 g/mol. The van der Waals surface area contributed by atoms with Gasteiger partial charge in [0, 0.05) is 0 Å². The molecule has 0 spiro atoms. The van der Waals surface area contributed by atoms with Crippen LogP contribution in [0.1, 0.15) is 0 Å². The van der Waals surface area contributed by atoms with E-state index in [0.717, 1.165) is 6.04 Å². The molecule has 0 saturated carbocycles. The first-order valence-corrected chi connectivity index (χ1v) is 4.94. The molecule has 0 aliphatic heterocycles. The summed E-state index contributed by atoms with van der Waals surface area (Å²) in [7, 11) is -0.309. The molecule has 2 heteroatoms. The molecule has 44 valence electrons. The van der Waals surface area contributed by atoms with Crippen molar-refractivity contribution < 1.29 is 0 Å². The van der Waals surface area contributed by atoms with Gasteiger partial charge in [-0.2, -0.15) is 0 Å². The summed E-state index contributed by atoms with van der Waals surface area (Å²) in [5.74, 6) is 2.12. The van der Waals surface area contributed by atoms with Gasteiger partial charge in [-0.15, -0.1) is 0 Å². The van der Waals surface area contributed by atoms with Crippen LogP contribution >= 0.6 is 0 Å². The third kappa shape index (κ3) is 2.06. The molecule has 0 amide bonds. The van der Waals surface area contributed by atoms with Crippen LogP contribution in [0.2, 0.25) is 0 Å². The topological polar surface area (TPSA) is 0 Å². The van der Waals surface area contributed by atoms with Crippen LogP contribution in [-0.2, 0) is 6.04 Å². The van der Waals surface area contributed by atoms with Gasteiger partial charge < -0.3 is 0 Å². The molecule has 0 nitrogen and oxygen atoms in total. The van der Waals surface area contributed by atoms with Crippen LogP contribution in [-0.4, -0.2) is 14.8 Å². The molecule has 9 heavy (non-hydrogen) atoms. The van der Waals surface area contributed by atoms with Crippen LogP contribution in [0.25, 0.3) is 0 Å². The van der Waals surface area contributed by atoms with E-state index in [1.54, 1.807) is 0 Å². The number of hydrogen-bond acceptors (Lipinski definition) is 0. The summed E-state index contributed by atoms with van der Waals surface area (Å²) in [6, 6.07) is 5.35. The van der Waals surface area contributed by atoms with Crippen molar-refractivity contribution >= 4 is 14.8 Å². The Morgan fingerprint density at radius 2 is 2.44 bits per heavy atom.